The lowest BCUT2D eigenvalue weighted by Gasteiger charge is -2.16. The first-order chi connectivity index (χ1) is 47.5. The van der Waals surface area contributed by atoms with E-state index >= 15 is 0 Å². The van der Waals surface area contributed by atoms with Crippen LogP contribution in [0.1, 0.15) is 22.3 Å². The number of nitrogens with two attached hydrogens (primary N) is 6. The summed E-state index contributed by atoms with van der Waals surface area (Å²) in [6.07, 6.45) is 0. The van der Waals surface area contributed by atoms with E-state index in [0.29, 0.717) is 0 Å². The van der Waals surface area contributed by atoms with Gasteiger partial charge in [0.15, 0.2) is 0 Å². The Labute approximate surface area is 611 Å². The molecular weight excluding hydrogens is 1500 g/mol. The molecule has 36 heteroatoms. The topological polar surface area (TPSA) is 632 Å². The molecule has 106 heavy (non-hydrogen) atoms. The van der Waals surface area contributed by atoms with Crippen molar-refractivity contribution in [3.05, 3.63) is 229 Å². The fourth-order valence-corrected chi connectivity index (χ4v) is 16.9. The Hall–Kier alpha value is -8.56. The zero-order chi connectivity index (χ0) is 71.6. The molecule has 0 aliphatic carbocycles. The summed E-state index contributed by atoms with van der Waals surface area (Å²) in [6, 6.07) is 57.7. The third-order valence-electron chi connectivity index (χ3n) is 17.1. The molecule has 0 spiro atoms. The highest BCUT2D eigenvalue weighted by molar-refractivity contribution is 7.87. The first kappa shape index (κ1) is 89.8. The van der Waals surface area contributed by atoms with Crippen molar-refractivity contribution in [1.29, 1.82) is 0 Å². The van der Waals surface area contributed by atoms with Gasteiger partial charge in [-0.2, -0.15) is 0 Å². The maximum atomic E-state index is 11.0. The Bertz CT molecular complexity index is 4860. The van der Waals surface area contributed by atoms with Crippen LogP contribution in [0.25, 0.3) is 75.4 Å². The number of hydrogen-bond donors (Lipinski definition) is 6. The molecule has 572 valence electrons. The molecule has 0 saturated carbocycles. The minimum Gasteiger partial charge on any atom is -0.744 e. The molecule has 0 saturated heterocycles. The molecule has 24 N–H and O–H groups in total. The van der Waals surface area contributed by atoms with Gasteiger partial charge in [0, 0.05) is 54.6 Å². The number of rotatable bonds is 6. The Morgan fingerprint density at radius 1 is 0.179 bits per heavy atom. The smallest absolute Gasteiger partial charge is 0.125 e. The monoisotopic (exact) mass is 1580 g/mol. The van der Waals surface area contributed by atoms with E-state index < -0.39 is 90.1 Å². The molecule has 12 aromatic carbocycles. The quantitative estimate of drug-likeness (QED) is 0.0532. The number of quaternary nitrogens is 6. The Kier molecular flexibility index (Phi) is 32.5. The van der Waals surface area contributed by atoms with Crippen LogP contribution in [-0.2, 0) is 86.9 Å². The molecule has 0 aromatic heterocycles. The van der Waals surface area contributed by atoms with Crippen LogP contribution < -0.4 is 31.9 Å². The molecule has 2 aliphatic rings. The van der Waals surface area contributed by atoms with Crippen molar-refractivity contribution in [3.63, 3.8) is 0 Å². The zero-order valence-corrected chi connectivity index (χ0v) is 61.3. The minimum absolute atomic E-state index is 0. The van der Waals surface area contributed by atoms with E-state index in [0.717, 1.165) is 115 Å². The standard InChI is InChI=1S/C40H46N6.3C10H8O6S2.6H2O/c1-2-10-30-29(9-1)37-25-43-21-17-41-19-23-45-27-39-33-13-5-7-15-35(33)40(36-16-8-6-14-34(36)39)28-46-24-20-42-18-22-44-26-38(30)32-12-4-3-11-31(32)37;3*11-17(12,13)9-5-1-3-7-8(9)4-2-6-10(7)18(14,15)16;;;;;;/h1-16,41-46H,17-28H2;3*1-6H,(H,11,12,13)(H,14,15,16);6*1H2. The van der Waals surface area contributed by atoms with Gasteiger partial charge in [-0.15, -0.1) is 0 Å². The van der Waals surface area contributed by atoms with Gasteiger partial charge in [0.05, 0.1) is 29.4 Å². The van der Waals surface area contributed by atoms with Gasteiger partial charge in [-0.25, -0.2) is 50.5 Å². The van der Waals surface area contributed by atoms with Crippen LogP contribution in [-0.4, -0.2) is 163 Å². The summed E-state index contributed by atoms with van der Waals surface area (Å²) in [6.45, 7) is 13.2. The fraction of sp³-hybridized carbons (Fsp3) is 0.171. The SMILES string of the molecule is O.O.O.O.O.O.O=S(=O)([O-])c1cccc2c(S(=O)(=O)[O-])cccc12.O=S(=O)([O-])c1cccc2c(S(=O)(=O)[O-])cccc12.O=S(=O)([O-])c1cccc2c(S(=O)(=O)[O-])cccc12.c1ccc2c3c4ccccc4c(c2c1)C[NH2+]CC[NH2+]CC[NH2+]Cc1c2ccccc2c(c2ccccc12)C[NH2+]CC[NH2+]CC[NH2+]C3. The summed E-state index contributed by atoms with van der Waals surface area (Å²) in [7, 11) is -28.4. The fourth-order valence-electron chi connectivity index (χ4n) is 12.8. The molecule has 12 aromatic rings. The predicted molar refractivity (Wildman–Crippen MR) is 390 cm³/mol. The van der Waals surface area contributed by atoms with E-state index in [1.165, 1.54) is 138 Å². The van der Waals surface area contributed by atoms with Crippen LogP contribution in [0.2, 0.25) is 0 Å². The predicted octanol–water partition coefficient (Wildman–Crippen LogP) is -3.61. The van der Waals surface area contributed by atoms with Crippen LogP contribution >= 0.6 is 0 Å². The highest BCUT2D eigenvalue weighted by Gasteiger charge is 2.20. The Morgan fingerprint density at radius 3 is 0.434 bits per heavy atom. The summed E-state index contributed by atoms with van der Waals surface area (Å²) < 4.78 is 198. The minimum atomic E-state index is -4.74. The van der Waals surface area contributed by atoms with Gasteiger partial charge in [0.2, 0.25) is 0 Å². The van der Waals surface area contributed by atoms with E-state index in [4.69, 9.17) is 0 Å². The van der Waals surface area contributed by atoms with Crippen LogP contribution in [0, 0.1) is 0 Å². The molecule has 4 bridgehead atoms. The van der Waals surface area contributed by atoms with Crippen LogP contribution in [0.3, 0.4) is 0 Å². The van der Waals surface area contributed by atoms with Crippen molar-refractivity contribution < 1.29 is 143 Å². The molecule has 0 atom stereocenters. The van der Waals surface area contributed by atoms with Gasteiger partial charge < -0.3 is 92.1 Å². The van der Waals surface area contributed by atoms with Crippen molar-refractivity contribution >= 4 is 136 Å². The van der Waals surface area contributed by atoms with Crippen molar-refractivity contribution in [2.45, 2.75) is 55.6 Å². The molecule has 2 aliphatic heterocycles. The highest BCUT2D eigenvalue weighted by atomic mass is 32.2. The summed E-state index contributed by atoms with van der Waals surface area (Å²) in [5.41, 5.74) is 5.94. The summed E-state index contributed by atoms with van der Waals surface area (Å²) in [4.78, 5) is -3.30. The lowest BCUT2D eigenvalue weighted by Crippen LogP contribution is -2.98. The molecule has 0 unspecified atom stereocenters. The average molecular weight is 1580 g/mol. The summed E-state index contributed by atoms with van der Waals surface area (Å²) >= 11 is 0. The van der Waals surface area contributed by atoms with Crippen molar-refractivity contribution in [3.8, 4) is 0 Å². The van der Waals surface area contributed by atoms with Gasteiger partial charge in [-0.1, -0.05) is 170 Å². The highest BCUT2D eigenvalue weighted by Crippen LogP contribution is 2.35. The van der Waals surface area contributed by atoms with Crippen LogP contribution in [0.5, 0.6) is 0 Å². The average Bonchev–Trinajstić information content (AvgIpc) is 0.763. The Balaban J connectivity index is 0.000000330. The van der Waals surface area contributed by atoms with Crippen LogP contribution in [0.15, 0.2) is 236 Å². The zero-order valence-electron chi connectivity index (χ0n) is 56.4. The molecule has 2 heterocycles. The summed E-state index contributed by atoms with van der Waals surface area (Å²) in [5.74, 6) is 0. The number of fused-ring (bicyclic) bond motifs is 20. The van der Waals surface area contributed by atoms with Gasteiger partial charge in [-0.3, -0.25) is 0 Å². The first-order valence-electron chi connectivity index (χ1n) is 31.6. The van der Waals surface area contributed by atoms with Crippen molar-refractivity contribution in [1.82, 2.24) is 0 Å². The summed E-state index contributed by atoms with van der Waals surface area (Å²) in [5, 5.41) is 26.0. The molecule has 0 radical (unpaired) electrons. The normalized spacial score (nSPS) is 13.8. The second-order valence-corrected chi connectivity index (χ2v) is 31.6. The second kappa shape index (κ2) is 38.3. The van der Waals surface area contributed by atoms with Crippen molar-refractivity contribution in [2.75, 3.05) is 52.4 Å². The molecular formula is C70H82N6O24S6. The second-order valence-electron chi connectivity index (χ2n) is 23.5. The van der Waals surface area contributed by atoms with E-state index in [2.05, 4.69) is 129 Å². The molecule has 0 fully saturated rings. The molecule has 14 rings (SSSR count). The lowest BCUT2D eigenvalue weighted by atomic mass is 9.91. The van der Waals surface area contributed by atoms with E-state index in [9.17, 15) is 77.8 Å². The third kappa shape index (κ3) is 21.4. The maximum absolute atomic E-state index is 11.0. The van der Waals surface area contributed by atoms with Crippen molar-refractivity contribution in [2.24, 2.45) is 0 Å². The molecule has 0 amide bonds. The number of benzene rings is 12. The maximum Gasteiger partial charge on any atom is 0.125 e. The van der Waals surface area contributed by atoms with E-state index in [-0.39, 0.29) is 65.2 Å². The number of hydrogen-bond acceptors (Lipinski definition) is 18. The third-order valence-corrected chi connectivity index (χ3v) is 22.5. The van der Waals surface area contributed by atoms with Crippen LogP contribution in [0.4, 0.5) is 0 Å². The van der Waals surface area contributed by atoms with Gasteiger partial charge in [0.25, 0.3) is 0 Å². The first-order valence-corrected chi connectivity index (χ1v) is 40.0. The van der Waals surface area contributed by atoms with E-state index in [1.54, 1.807) is 0 Å². The van der Waals surface area contributed by atoms with E-state index in [1.807, 2.05) is 0 Å². The molecule has 30 nitrogen and oxygen atoms in total. The van der Waals surface area contributed by atoms with Gasteiger partial charge >= 0.3 is 0 Å². The van der Waals surface area contributed by atoms with Gasteiger partial charge in [0.1, 0.15) is 139 Å². The lowest BCUT2D eigenvalue weighted by molar-refractivity contribution is -0.757. The Morgan fingerprint density at radius 2 is 0.302 bits per heavy atom. The largest absolute Gasteiger partial charge is 0.744 e. The van der Waals surface area contributed by atoms with Gasteiger partial charge in [-0.05, 0) is 79.5 Å².